The van der Waals surface area contributed by atoms with Gasteiger partial charge in [-0.3, -0.25) is 4.57 Å². The van der Waals surface area contributed by atoms with E-state index in [0.717, 1.165) is 0 Å². The molecule has 0 aromatic carbocycles. The molecule has 0 unspecified atom stereocenters. The summed E-state index contributed by atoms with van der Waals surface area (Å²) in [5.41, 5.74) is 6.69. The maximum absolute atomic E-state index is 14.8. The molecule has 142 valence electrons. The standard InChI is InChI=1S/C18H17FN8O/c19-13-10-26(16-2-1-11(9-20)24-25-16)7-5-15(13)23-14-3-6-22-17-12(14)4-8-27(17)18(21)28/h1-4,6,8,13,15H,5,7,10H2,(H2,21,28)(H,22,23)/t13-,15+/m1/s1. The lowest BCUT2D eigenvalue weighted by Gasteiger charge is -2.36. The molecule has 1 amide bonds. The van der Waals surface area contributed by atoms with E-state index in [1.54, 1.807) is 36.7 Å². The molecule has 1 fully saturated rings. The highest BCUT2D eigenvalue weighted by atomic mass is 19.1. The van der Waals surface area contributed by atoms with E-state index in [1.807, 2.05) is 11.0 Å². The molecule has 4 rings (SSSR count). The largest absolute Gasteiger partial charge is 0.379 e. The van der Waals surface area contributed by atoms with E-state index in [9.17, 15) is 9.18 Å². The monoisotopic (exact) mass is 380 g/mol. The third kappa shape index (κ3) is 3.18. The van der Waals surface area contributed by atoms with E-state index in [0.29, 0.717) is 35.5 Å². The van der Waals surface area contributed by atoms with Crippen LogP contribution in [0.5, 0.6) is 0 Å². The molecule has 3 N–H and O–H groups in total. The van der Waals surface area contributed by atoms with Crippen molar-refractivity contribution in [2.45, 2.75) is 18.6 Å². The predicted octanol–water partition coefficient (Wildman–Crippen LogP) is 1.65. The molecule has 3 aromatic rings. The first-order valence-electron chi connectivity index (χ1n) is 8.72. The van der Waals surface area contributed by atoms with Gasteiger partial charge in [0.25, 0.3) is 0 Å². The number of aromatic nitrogens is 4. The molecule has 2 atom stereocenters. The van der Waals surface area contributed by atoms with Crippen molar-refractivity contribution >= 4 is 28.6 Å². The van der Waals surface area contributed by atoms with Crippen molar-refractivity contribution in [2.75, 3.05) is 23.3 Å². The number of carbonyl (C=O) groups is 1. The number of nitrogens with two attached hydrogens (primary N) is 1. The Balaban J connectivity index is 1.49. The Kier molecular flexibility index (Phi) is 4.49. The first-order valence-corrected chi connectivity index (χ1v) is 8.72. The summed E-state index contributed by atoms with van der Waals surface area (Å²) in [6, 6.07) is 7.60. The fraction of sp³-hybridized carbons (Fsp3) is 0.278. The Hall–Kier alpha value is -3.74. The predicted molar refractivity (Wildman–Crippen MR) is 101 cm³/mol. The maximum atomic E-state index is 14.8. The van der Waals surface area contributed by atoms with Crippen LogP contribution in [0.3, 0.4) is 0 Å². The molecule has 28 heavy (non-hydrogen) atoms. The molecule has 1 saturated heterocycles. The molecular formula is C18H17FN8O. The van der Waals surface area contributed by atoms with Crippen LogP contribution in [0.2, 0.25) is 0 Å². The van der Waals surface area contributed by atoms with Gasteiger partial charge in [0.05, 0.1) is 12.6 Å². The van der Waals surface area contributed by atoms with Crippen molar-refractivity contribution < 1.29 is 9.18 Å². The molecule has 10 heteroatoms. The third-order valence-corrected chi connectivity index (χ3v) is 4.80. The highest BCUT2D eigenvalue weighted by Gasteiger charge is 2.30. The van der Waals surface area contributed by atoms with Crippen LogP contribution in [0.4, 0.5) is 20.7 Å². The van der Waals surface area contributed by atoms with Gasteiger partial charge in [0.15, 0.2) is 11.5 Å². The van der Waals surface area contributed by atoms with Crippen LogP contribution in [0.25, 0.3) is 11.0 Å². The quantitative estimate of drug-likeness (QED) is 0.707. The summed E-state index contributed by atoms with van der Waals surface area (Å²) in [6.07, 6.45) is 2.50. The summed E-state index contributed by atoms with van der Waals surface area (Å²) in [4.78, 5) is 17.5. The van der Waals surface area contributed by atoms with E-state index < -0.39 is 18.2 Å². The lowest BCUT2D eigenvalue weighted by molar-refractivity contribution is 0.251. The van der Waals surface area contributed by atoms with Gasteiger partial charge in [0, 0.05) is 30.0 Å². The van der Waals surface area contributed by atoms with Gasteiger partial charge in [0.1, 0.15) is 17.9 Å². The minimum atomic E-state index is -1.15. The van der Waals surface area contributed by atoms with Gasteiger partial charge in [-0.2, -0.15) is 5.26 Å². The number of anilines is 2. The molecule has 9 nitrogen and oxygen atoms in total. The number of pyridine rings is 1. The number of nitrogens with one attached hydrogen (secondary N) is 1. The smallest absolute Gasteiger partial charge is 0.324 e. The zero-order valence-electron chi connectivity index (χ0n) is 14.8. The summed E-state index contributed by atoms with van der Waals surface area (Å²) in [6.45, 7) is 0.754. The summed E-state index contributed by atoms with van der Waals surface area (Å²) in [7, 11) is 0. The molecule has 0 radical (unpaired) electrons. The van der Waals surface area contributed by atoms with Crippen LogP contribution < -0.4 is 16.0 Å². The highest BCUT2D eigenvalue weighted by molar-refractivity contribution is 5.95. The lowest BCUT2D eigenvalue weighted by atomic mass is 10.0. The van der Waals surface area contributed by atoms with Crippen molar-refractivity contribution in [1.29, 1.82) is 5.26 Å². The van der Waals surface area contributed by atoms with Crippen LogP contribution in [-0.4, -0.2) is 51.1 Å². The van der Waals surface area contributed by atoms with Crippen LogP contribution in [0.15, 0.2) is 36.7 Å². The molecule has 0 saturated carbocycles. The molecule has 0 spiro atoms. The van der Waals surface area contributed by atoms with Gasteiger partial charge in [0.2, 0.25) is 0 Å². The number of halogens is 1. The number of carbonyl (C=O) groups excluding carboxylic acids is 1. The minimum absolute atomic E-state index is 0.161. The van der Waals surface area contributed by atoms with E-state index in [4.69, 9.17) is 11.0 Å². The fourth-order valence-corrected chi connectivity index (χ4v) is 3.37. The SMILES string of the molecule is N#Cc1ccc(N2CC[C@H](Nc3ccnc4c3ccn4C(N)=O)[C@H](F)C2)nn1. The van der Waals surface area contributed by atoms with Crippen molar-refractivity contribution in [3.63, 3.8) is 0 Å². The van der Waals surface area contributed by atoms with E-state index in [-0.39, 0.29) is 12.2 Å². The average Bonchev–Trinajstić information content (AvgIpc) is 3.15. The zero-order chi connectivity index (χ0) is 19.7. The number of piperidine rings is 1. The van der Waals surface area contributed by atoms with Crippen LogP contribution in [0.1, 0.15) is 12.1 Å². The Labute approximate surface area is 159 Å². The van der Waals surface area contributed by atoms with Gasteiger partial charge in [-0.25, -0.2) is 14.2 Å². The number of alkyl halides is 1. The molecule has 0 aliphatic carbocycles. The molecular weight excluding hydrogens is 363 g/mol. The number of hydrogen-bond donors (Lipinski definition) is 2. The number of primary amides is 1. The van der Waals surface area contributed by atoms with Crippen LogP contribution in [0, 0.1) is 11.3 Å². The number of nitrogens with zero attached hydrogens (tertiary/aromatic N) is 6. The Morgan fingerprint density at radius 1 is 1.32 bits per heavy atom. The van der Waals surface area contributed by atoms with Crippen LogP contribution in [-0.2, 0) is 0 Å². The molecule has 1 aliphatic rings. The Morgan fingerprint density at radius 2 is 2.18 bits per heavy atom. The number of fused-ring (bicyclic) bond motifs is 1. The van der Waals surface area contributed by atoms with Crippen LogP contribution >= 0.6 is 0 Å². The Morgan fingerprint density at radius 3 is 2.86 bits per heavy atom. The van der Waals surface area contributed by atoms with E-state index in [1.165, 1.54) is 4.57 Å². The van der Waals surface area contributed by atoms with Crippen molar-refractivity contribution in [1.82, 2.24) is 19.7 Å². The zero-order valence-corrected chi connectivity index (χ0v) is 14.8. The first-order chi connectivity index (χ1) is 13.6. The molecule has 3 aromatic heterocycles. The van der Waals surface area contributed by atoms with E-state index >= 15 is 0 Å². The number of hydrogen-bond acceptors (Lipinski definition) is 7. The minimum Gasteiger partial charge on any atom is -0.379 e. The fourth-order valence-electron chi connectivity index (χ4n) is 3.37. The van der Waals surface area contributed by atoms with Gasteiger partial charge in [-0.05, 0) is 30.7 Å². The number of amides is 1. The maximum Gasteiger partial charge on any atom is 0.324 e. The van der Waals surface area contributed by atoms with Crippen molar-refractivity contribution in [2.24, 2.45) is 5.73 Å². The topological polar surface area (TPSA) is 126 Å². The molecule has 4 heterocycles. The second kappa shape index (κ2) is 7.11. The summed E-state index contributed by atoms with van der Waals surface area (Å²) in [5, 5.41) is 20.5. The second-order valence-corrected chi connectivity index (χ2v) is 6.51. The summed E-state index contributed by atoms with van der Waals surface area (Å²) >= 11 is 0. The summed E-state index contributed by atoms with van der Waals surface area (Å²) < 4.78 is 16.1. The van der Waals surface area contributed by atoms with Gasteiger partial charge >= 0.3 is 6.03 Å². The summed E-state index contributed by atoms with van der Waals surface area (Å²) in [5.74, 6) is 0.546. The number of rotatable bonds is 3. The second-order valence-electron chi connectivity index (χ2n) is 6.51. The third-order valence-electron chi connectivity index (χ3n) is 4.80. The Bertz CT molecular complexity index is 1060. The lowest BCUT2D eigenvalue weighted by Crippen LogP contribution is -2.48. The highest BCUT2D eigenvalue weighted by Crippen LogP contribution is 2.27. The van der Waals surface area contributed by atoms with Crippen molar-refractivity contribution in [3.8, 4) is 6.07 Å². The van der Waals surface area contributed by atoms with Gasteiger partial charge in [-0.1, -0.05) is 0 Å². The van der Waals surface area contributed by atoms with Gasteiger partial charge < -0.3 is 16.0 Å². The van der Waals surface area contributed by atoms with Crippen molar-refractivity contribution in [3.05, 3.63) is 42.4 Å². The molecule has 0 bridgehead atoms. The average molecular weight is 380 g/mol. The first kappa shape index (κ1) is 17.7. The molecule has 1 aliphatic heterocycles. The van der Waals surface area contributed by atoms with E-state index in [2.05, 4.69) is 20.5 Å². The normalized spacial score (nSPS) is 19.4. The van der Waals surface area contributed by atoms with Gasteiger partial charge in [-0.15, -0.1) is 10.2 Å². The number of nitriles is 1.